The van der Waals surface area contributed by atoms with E-state index in [0.717, 1.165) is 5.56 Å². The lowest BCUT2D eigenvalue weighted by Gasteiger charge is -2.28. The van der Waals surface area contributed by atoms with Gasteiger partial charge in [0, 0.05) is 19.2 Å². The molecule has 1 heterocycles. The monoisotopic (exact) mass is 417 g/mol. The number of hydrogen-bond donors (Lipinski definition) is 1. The number of thioether (sulfide) groups is 1. The molecule has 0 bridgehead atoms. The second-order valence-corrected chi connectivity index (χ2v) is 7.91. The van der Waals surface area contributed by atoms with Gasteiger partial charge < -0.3 is 10.1 Å². The summed E-state index contributed by atoms with van der Waals surface area (Å²) in [7, 11) is 3.18. The summed E-state index contributed by atoms with van der Waals surface area (Å²) in [5.74, 6) is 0.153. The van der Waals surface area contributed by atoms with Crippen LogP contribution in [0.2, 0.25) is 5.02 Å². The van der Waals surface area contributed by atoms with E-state index in [2.05, 4.69) is 10.3 Å². The summed E-state index contributed by atoms with van der Waals surface area (Å²) < 4.78 is 5.14. The Morgan fingerprint density at radius 1 is 1.32 bits per heavy atom. The Labute approximate surface area is 172 Å². The van der Waals surface area contributed by atoms with Crippen molar-refractivity contribution in [2.75, 3.05) is 19.5 Å². The third-order valence-corrected chi connectivity index (χ3v) is 5.74. The first kappa shape index (κ1) is 20.2. The molecular formula is C20H20ClN3O3S. The molecule has 0 aliphatic carbocycles. The molecule has 2 aromatic carbocycles. The predicted molar refractivity (Wildman–Crippen MR) is 114 cm³/mol. The number of aryl methyl sites for hydroxylation is 1. The van der Waals surface area contributed by atoms with Crippen LogP contribution in [-0.4, -0.2) is 41.3 Å². The Morgan fingerprint density at radius 3 is 2.79 bits per heavy atom. The van der Waals surface area contributed by atoms with Crippen LogP contribution in [0.5, 0.6) is 5.75 Å². The van der Waals surface area contributed by atoms with E-state index in [1.165, 1.54) is 23.8 Å². The Morgan fingerprint density at radius 2 is 2.11 bits per heavy atom. The van der Waals surface area contributed by atoms with Crippen molar-refractivity contribution in [3.63, 3.8) is 0 Å². The molecular weight excluding hydrogens is 398 g/mol. The molecule has 1 fully saturated rings. The second-order valence-electron chi connectivity index (χ2n) is 6.34. The first-order chi connectivity index (χ1) is 13.4. The van der Waals surface area contributed by atoms with E-state index in [-0.39, 0.29) is 18.2 Å². The molecule has 1 N–H and O–H groups in total. The molecule has 0 saturated carbocycles. The molecule has 2 amide bonds. The van der Waals surface area contributed by atoms with Crippen LogP contribution in [0, 0.1) is 6.92 Å². The fourth-order valence-electron chi connectivity index (χ4n) is 2.68. The average molecular weight is 418 g/mol. The highest BCUT2D eigenvalue weighted by atomic mass is 35.5. The van der Waals surface area contributed by atoms with Crippen LogP contribution < -0.4 is 10.1 Å². The molecule has 3 rings (SSSR count). The number of rotatable bonds is 4. The topological polar surface area (TPSA) is 71.0 Å². The van der Waals surface area contributed by atoms with E-state index in [1.54, 1.807) is 25.2 Å². The van der Waals surface area contributed by atoms with E-state index in [0.29, 0.717) is 27.3 Å². The summed E-state index contributed by atoms with van der Waals surface area (Å²) in [6, 6.07) is 12.6. The standard InChI is InChI=1S/C20H20ClN3O3S/c1-12-5-4-6-13(9-12)22-19(26)17-11-18(25)24(2)20(28-17)23-14-7-8-16(27-3)15(21)10-14/h4-10,17H,11H2,1-3H3,(H,22,26). The molecule has 1 aliphatic heterocycles. The molecule has 1 saturated heterocycles. The Kier molecular flexibility index (Phi) is 6.26. The highest BCUT2D eigenvalue weighted by Crippen LogP contribution is 2.32. The largest absolute Gasteiger partial charge is 0.495 e. The number of carbonyl (C=O) groups is 2. The summed E-state index contributed by atoms with van der Waals surface area (Å²) in [5, 5.41) is 3.18. The van der Waals surface area contributed by atoms with Crippen molar-refractivity contribution >= 4 is 51.7 Å². The van der Waals surface area contributed by atoms with Crippen molar-refractivity contribution in [1.82, 2.24) is 4.90 Å². The zero-order chi connectivity index (χ0) is 20.3. The number of nitrogens with one attached hydrogen (secondary N) is 1. The van der Waals surface area contributed by atoms with Crippen LogP contribution in [0.15, 0.2) is 47.5 Å². The van der Waals surface area contributed by atoms with Gasteiger partial charge in [0.1, 0.15) is 11.0 Å². The minimum atomic E-state index is -0.559. The molecule has 1 atom stereocenters. The summed E-state index contributed by atoms with van der Waals surface area (Å²) in [6.07, 6.45) is 0.112. The average Bonchev–Trinajstić information content (AvgIpc) is 2.65. The van der Waals surface area contributed by atoms with Crippen molar-refractivity contribution in [3.8, 4) is 5.75 Å². The summed E-state index contributed by atoms with van der Waals surface area (Å²) in [5.41, 5.74) is 2.33. The van der Waals surface area contributed by atoms with Gasteiger partial charge in [0.2, 0.25) is 11.8 Å². The molecule has 0 aromatic heterocycles. The first-order valence-electron chi connectivity index (χ1n) is 8.60. The van der Waals surface area contributed by atoms with E-state index in [9.17, 15) is 9.59 Å². The number of ether oxygens (including phenoxy) is 1. The van der Waals surface area contributed by atoms with E-state index >= 15 is 0 Å². The number of methoxy groups -OCH3 is 1. The first-order valence-corrected chi connectivity index (χ1v) is 9.86. The quantitative estimate of drug-likeness (QED) is 0.807. The summed E-state index contributed by atoms with van der Waals surface area (Å²) >= 11 is 7.40. The van der Waals surface area contributed by atoms with Crippen molar-refractivity contribution < 1.29 is 14.3 Å². The van der Waals surface area contributed by atoms with Crippen LogP contribution in [0.4, 0.5) is 11.4 Å². The molecule has 146 valence electrons. The number of hydrogen-bond acceptors (Lipinski definition) is 5. The lowest BCUT2D eigenvalue weighted by atomic mass is 10.2. The predicted octanol–water partition coefficient (Wildman–Crippen LogP) is 4.25. The van der Waals surface area contributed by atoms with Crippen molar-refractivity contribution in [2.24, 2.45) is 4.99 Å². The van der Waals surface area contributed by atoms with E-state index in [1.807, 2.05) is 31.2 Å². The van der Waals surface area contributed by atoms with Crippen molar-refractivity contribution in [3.05, 3.63) is 53.1 Å². The van der Waals surface area contributed by atoms with Crippen LogP contribution in [-0.2, 0) is 9.59 Å². The Balaban J connectivity index is 1.79. The zero-order valence-corrected chi connectivity index (χ0v) is 17.3. The van der Waals surface area contributed by atoms with Gasteiger partial charge in [0.25, 0.3) is 0 Å². The van der Waals surface area contributed by atoms with E-state index in [4.69, 9.17) is 16.3 Å². The Bertz CT molecular complexity index is 948. The van der Waals surface area contributed by atoms with Gasteiger partial charge in [0.05, 0.1) is 17.8 Å². The lowest BCUT2D eigenvalue weighted by molar-refractivity contribution is -0.128. The SMILES string of the molecule is COc1ccc(N=C2SC(C(=O)Nc3cccc(C)c3)CC(=O)N2C)cc1Cl. The molecule has 28 heavy (non-hydrogen) atoms. The van der Waals surface area contributed by atoms with Crippen LogP contribution >= 0.6 is 23.4 Å². The van der Waals surface area contributed by atoms with Crippen LogP contribution in [0.1, 0.15) is 12.0 Å². The number of benzene rings is 2. The van der Waals surface area contributed by atoms with Gasteiger partial charge in [-0.05, 0) is 42.8 Å². The van der Waals surface area contributed by atoms with Crippen LogP contribution in [0.25, 0.3) is 0 Å². The van der Waals surface area contributed by atoms with Crippen molar-refractivity contribution in [1.29, 1.82) is 0 Å². The third kappa shape index (κ3) is 4.66. The van der Waals surface area contributed by atoms with Gasteiger partial charge in [-0.25, -0.2) is 4.99 Å². The number of aliphatic imine (C=N–C) groups is 1. The zero-order valence-electron chi connectivity index (χ0n) is 15.7. The number of anilines is 1. The van der Waals surface area contributed by atoms with Gasteiger partial charge in [-0.15, -0.1) is 0 Å². The van der Waals surface area contributed by atoms with Gasteiger partial charge in [-0.2, -0.15) is 0 Å². The molecule has 6 nitrogen and oxygen atoms in total. The maximum Gasteiger partial charge on any atom is 0.238 e. The molecule has 8 heteroatoms. The van der Waals surface area contributed by atoms with Crippen LogP contribution in [0.3, 0.4) is 0 Å². The second kappa shape index (κ2) is 8.67. The minimum absolute atomic E-state index is 0.112. The van der Waals surface area contributed by atoms with Gasteiger partial charge in [-0.3, -0.25) is 14.5 Å². The highest BCUT2D eigenvalue weighted by Gasteiger charge is 2.34. The summed E-state index contributed by atoms with van der Waals surface area (Å²) in [6.45, 7) is 1.95. The summed E-state index contributed by atoms with van der Waals surface area (Å²) in [4.78, 5) is 31.0. The highest BCUT2D eigenvalue weighted by molar-refractivity contribution is 8.15. The Hall–Kier alpha value is -2.51. The number of halogens is 1. The number of carbonyl (C=O) groups excluding carboxylic acids is 2. The van der Waals surface area contributed by atoms with Gasteiger partial charge in [-0.1, -0.05) is 35.5 Å². The smallest absolute Gasteiger partial charge is 0.238 e. The normalized spacial score (nSPS) is 18.3. The maximum absolute atomic E-state index is 12.7. The van der Waals surface area contributed by atoms with Gasteiger partial charge >= 0.3 is 0 Å². The fraction of sp³-hybridized carbons (Fsp3) is 0.250. The molecule has 0 spiro atoms. The molecule has 1 aliphatic rings. The number of amides is 2. The lowest BCUT2D eigenvalue weighted by Crippen LogP contribution is -2.43. The molecule has 2 aromatic rings. The van der Waals surface area contributed by atoms with Crippen molar-refractivity contribution in [2.45, 2.75) is 18.6 Å². The maximum atomic E-state index is 12.7. The number of amidine groups is 1. The molecule has 0 radical (unpaired) electrons. The fourth-order valence-corrected chi connectivity index (χ4v) is 3.99. The minimum Gasteiger partial charge on any atom is -0.495 e. The molecule has 1 unspecified atom stereocenters. The van der Waals surface area contributed by atoms with Gasteiger partial charge in [0.15, 0.2) is 5.17 Å². The third-order valence-electron chi connectivity index (χ3n) is 4.21. The number of nitrogens with zero attached hydrogens (tertiary/aromatic N) is 2. The van der Waals surface area contributed by atoms with E-state index < -0.39 is 5.25 Å².